The number of benzene rings is 3. The molecule has 0 spiro atoms. The van der Waals surface area contributed by atoms with Crippen LogP contribution in [-0.2, 0) is 38.5 Å². The summed E-state index contributed by atoms with van der Waals surface area (Å²) in [5, 5.41) is 4.26. The highest BCUT2D eigenvalue weighted by Gasteiger charge is 2.48. The summed E-state index contributed by atoms with van der Waals surface area (Å²) < 4.78 is 27.3. The van der Waals surface area contributed by atoms with Gasteiger partial charge in [-0.2, -0.15) is 0 Å². The topological polar surface area (TPSA) is 85.7 Å². The molecule has 0 saturated heterocycles. The molecule has 0 N–H and O–H groups in total. The Bertz CT molecular complexity index is 1260. The van der Waals surface area contributed by atoms with E-state index in [1.165, 1.54) is 0 Å². The Hall–Kier alpha value is -2.97. The van der Waals surface area contributed by atoms with E-state index >= 15 is 0 Å². The minimum absolute atomic E-state index is 0.0110. The predicted octanol–water partition coefficient (Wildman–Crippen LogP) is 8.61. The van der Waals surface area contributed by atoms with Crippen molar-refractivity contribution in [1.82, 2.24) is 0 Å². The smallest absolute Gasteiger partial charge is 0.192 e. The van der Waals surface area contributed by atoms with Crippen LogP contribution in [0.25, 0.3) is 10.4 Å². The third-order valence-corrected chi connectivity index (χ3v) is 13.0. The third-order valence-electron chi connectivity index (χ3n) is 8.45. The van der Waals surface area contributed by atoms with E-state index in [1.54, 1.807) is 0 Å². The van der Waals surface area contributed by atoms with E-state index in [9.17, 15) is 5.53 Å². The summed E-state index contributed by atoms with van der Waals surface area (Å²) in [5.41, 5.74) is 12.8. The molecule has 0 aromatic heterocycles. The summed E-state index contributed by atoms with van der Waals surface area (Å²) in [6.45, 7) is 12.4. The molecular formula is C34H45N3O4Si. The first-order valence-corrected chi connectivity index (χ1v) is 17.8. The lowest BCUT2D eigenvalue weighted by Crippen LogP contribution is -2.53. The average molecular weight is 588 g/mol. The van der Waals surface area contributed by atoms with Crippen molar-refractivity contribution in [3.05, 3.63) is 118 Å². The maximum absolute atomic E-state index is 9.59. The molecule has 8 heteroatoms. The minimum Gasteiger partial charge on any atom is -0.411 e. The van der Waals surface area contributed by atoms with Gasteiger partial charge in [0.2, 0.25) is 0 Å². The van der Waals surface area contributed by atoms with E-state index in [4.69, 9.17) is 18.6 Å². The zero-order valence-corrected chi connectivity index (χ0v) is 26.6. The number of rotatable bonds is 12. The van der Waals surface area contributed by atoms with Gasteiger partial charge in [0, 0.05) is 4.91 Å². The molecule has 0 amide bonds. The van der Waals surface area contributed by atoms with Crippen LogP contribution >= 0.6 is 0 Å². The van der Waals surface area contributed by atoms with Gasteiger partial charge < -0.3 is 18.6 Å². The van der Waals surface area contributed by atoms with Crippen LogP contribution in [0.5, 0.6) is 0 Å². The van der Waals surface area contributed by atoms with E-state index in [0.717, 1.165) is 16.7 Å². The number of hydrogen-bond donors (Lipinski definition) is 0. The van der Waals surface area contributed by atoms with Gasteiger partial charge >= 0.3 is 0 Å². The first kappa shape index (κ1) is 32.0. The zero-order chi connectivity index (χ0) is 30.0. The normalized spacial score (nSPS) is 23.1. The van der Waals surface area contributed by atoms with Crippen molar-refractivity contribution in [2.24, 2.45) is 5.11 Å². The summed E-state index contributed by atoms with van der Waals surface area (Å²) in [5.74, 6) is 0. The number of nitrogens with zero attached hydrogens (tertiary/aromatic N) is 3. The van der Waals surface area contributed by atoms with Gasteiger partial charge in [0.25, 0.3) is 0 Å². The highest BCUT2D eigenvalue weighted by Crippen LogP contribution is 2.40. The molecular weight excluding hydrogens is 542 g/mol. The van der Waals surface area contributed by atoms with Crippen molar-refractivity contribution in [1.29, 1.82) is 0 Å². The van der Waals surface area contributed by atoms with E-state index < -0.39 is 32.7 Å². The zero-order valence-electron chi connectivity index (χ0n) is 25.6. The summed E-state index contributed by atoms with van der Waals surface area (Å²) in [6.07, 6.45) is -0.477. The molecule has 42 heavy (non-hydrogen) atoms. The molecule has 7 nitrogen and oxygen atoms in total. The highest BCUT2D eigenvalue weighted by molar-refractivity contribution is 6.74. The van der Waals surface area contributed by atoms with Gasteiger partial charge in [0.05, 0.1) is 38.1 Å². The van der Waals surface area contributed by atoms with Crippen molar-refractivity contribution >= 4 is 8.32 Å². The fourth-order valence-electron chi connectivity index (χ4n) is 5.05. The fourth-order valence-corrected chi connectivity index (χ4v) is 6.41. The Labute approximate surface area is 251 Å². The fraction of sp³-hybridized carbons (Fsp3) is 0.471. The number of hydrogen-bond acceptors (Lipinski definition) is 5. The first-order valence-electron chi connectivity index (χ1n) is 14.9. The summed E-state index contributed by atoms with van der Waals surface area (Å²) in [4.78, 5) is 3.23. The Morgan fingerprint density at radius 1 is 0.690 bits per heavy atom. The van der Waals surface area contributed by atoms with Crippen molar-refractivity contribution in [3.8, 4) is 0 Å². The largest absolute Gasteiger partial charge is 0.411 e. The van der Waals surface area contributed by atoms with E-state index in [-0.39, 0.29) is 11.1 Å². The Morgan fingerprint density at radius 3 is 1.55 bits per heavy atom. The number of ether oxygens (including phenoxy) is 3. The van der Waals surface area contributed by atoms with Gasteiger partial charge in [-0.1, -0.05) is 117 Å². The SMILES string of the molecule is CC(C)(C)[Si](C)(C)O[C@H]1CC[C@H](N=[N+]=[N-])[C@@H](OCc2ccccc2)[C@H](OCc2ccccc2)[C@H]1OCc1ccccc1. The van der Waals surface area contributed by atoms with Crippen LogP contribution in [0.15, 0.2) is 96.1 Å². The van der Waals surface area contributed by atoms with Gasteiger partial charge in [-0.15, -0.1) is 0 Å². The molecule has 1 aliphatic rings. The molecule has 3 aromatic rings. The highest BCUT2D eigenvalue weighted by atomic mass is 28.4. The molecule has 1 aliphatic carbocycles. The minimum atomic E-state index is -2.19. The van der Waals surface area contributed by atoms with Gasteiger partial charge in [-0.3, -0.25) is 0 Å². The van der Waals surface area contributed by atoms with Crippen molar-refractivity contribution in [3.63, 3.8) is 0 Å². The Kier molecular flexibility index (Phi) is 11.4. The second kappa shape index (κ2) is 15.0. The van der Waals surface area contributed by atoms with Crippen LogP contribution in [0, 0.1) is 0 Å². The molecule has 0 unspecified atom stereocenters. The van der Waals surface area contributed by atoms with Crippen LogP contribution in [-0.4, -0.2) is 38.8 Å². The van der Waals surface area contributed by atoms with Crippen molar-refractivity contribution < 1.29 is 18.6 Å². The summed E-state index contributed by atoms with van der Waals surface area (Å²) in [7, 11) is -2.19. The second-order valence-electron chi connectivity index (χ2n) is 12.5. The van der Waals surface area contributed by atoms with Crippen LogP contribution < -0.4 is 0 Å². The molecule has 3 aromatic carbocycles. The van der Waals surface area contributed by atoms with Gasteiger partial charge in [-0.05, 0) is 53.2 Å². The lowest BCUT2D eigenvalue weighted by Gasteiger charge is -2.43. The second-order valence-corrected chi connectivity index (χ2v) is 17.3. The van der Waals surface area contributed by atoms with Crippen molar-refractivity contribution in [2.75, 3.05) is 0 Å². The molecule has 4 rings (SSSR count). The lowest BCUT2D eigenvalue weighted by molar-refractivity contribution is -0.172. The third kappa shape index (κ3) is 8.77. The van der Waals surface area contributed by atoms with Crippen molar-refractivity contribution in [2.45, 2.75) is 102 Å². The van der Waals surface area contributed by atoms with Crippen LogP contribution in [0.4, 0.5) is 0 Å². The molecule has 0 aliphatic heterocycles. The van der Waals surface area contributed by atoms with Crippen LogP contribution in [0.1, 0.15) is 50.3 Å². The van der Waals surface area contributed by atoms with Crippen LogP contribution in [0.3, 0.4) is 0 Å². The molecule has 224 valence electrons. The Morgan fingerprint density at radius 2 is 1.12 bits per heavy atom. The quantitative estimate of drug-likeness (QED) is 0.0698. The van der Waals surface area contributed by atoms with Gasteiger partial charge in [-0.25, -0.2) is 0 Å². The molecule has 5 atom stereocenters. The van der Waals surface area contributed by atoms with Crippen LogP contribution in [0.2, 0.25) is 18.1 Å². The standard InChI is InChI=1S/C34H45N3O4Si/c1-34(2,3)42(4,5)41-30-22-21-29(36-37-35)31(38-23-26-15-9-6-10-16-26)33(40-25-28-19-13-8-14-20-28)32(30)39-24-27-17-11-7-12-18-27/h6-20,29-33H,21-25H2,1-5H3/t29-,30-,31+,32-,33-/m0/s1. The maximum Gasteiger partial charge on any atom is 0.192 e. The van der Waals surface area contributed by atoms with E-state index in [2.05, 4.69) is 56.0 Å². The average Bonchev–Trinajstić information content (AvgIpc) is 3.11. The lowest BCUT2D eigenvalue weighted by atomic mass is 10.0. The first-order chi connectivity index (χ1) is 20.2. The van der Waals surface area contributed by atoms with Gasteiger partial charge in [0.15, 0.2) is 8.32 Å². The van der Waals surface area contributed by atoms with E-state index in [1.807, 2.05) is 78.9 Å². The predicted molar refractivity (Wildman–Crippen MR) is 169 cm³/mol. The summed E-state index contributed by atoms with van der Waals surface area (Å²) >= 11 is 0. The maximum atomic E-state index is 9.59. The Balaban J connectivity index is 1.73. The molecule has 1 fully saturated rings. The monoisotopic (exact) mass is 587 g/mol. The summed E-state index contributed by atoms with van der Waals surface area (Å²) in [6, 6.07) is 29.9. The molecule has 0 heterocycles. The molecule has 0 bridgehead atoms. The van der Waals surface area contributed by atoms with Gasteiger partial charge in [0.1, 0.15) is 12.2 Å². The number of azide groups is 1. The molecule has 0 radical (unpaired) electrons. The molecule has 1 saturated carbocycles. The van der Waals surface area contributed by atoms with E-state index in [0.29, 0.717) is 32.7 Å².